The van der Waals surface area contributed by atoms with Crippen molar-refractivity contribution in [1.29, 1.82) is 0 Å². The summed E-state index contributed by atoms with van der Waals surface area (Å²) >= 11 is 5.95. The van der Waals surface area contributed by atoms with Gasteiger partial charge >= 0.3 is 5.97 Å². The van der Waals surface area contributed by atoms with Crippen LogP contribution < -0.4 is 0 Å². The molecule has 116 valence electrons. The second-order valence-electron chi connectivity index (χ2n) is 4.55. The highest BCUT2D eigenvalue weighted by atomic mass is 35.5. The number of benzene rings is 2. The fourth-order valence-corrected chi connectivity index (χ4v) is 2.07. The molecule has 0 atom stereocenters. The minimum absolute atomic E-state index is 0.0390. The highest BCUT2D eigenvalue weighted by Gasteiger charge is 2.10. The van der Waals surface area contributed by atoms with Gasteiger partial charge in [-0.3, -0.25) is 14.9 Å². The zero-order valence-electron chi connectivity index (χ0n) is 11.6. The van der Waals surface area contributed by atoms with E-state index in [0.717, 1.165) is 0 Å². The molecule has 0 bridgehead atoms. The second kappa shape index (κ2) is 6.85. The summed E-state index contributed by atoms with van der Waals surface area (Å²) in [5.41, 5.74) is 0.509. The number of ketones is 1. The Morgan fingerprint density at radius 3 is 2.48 bits per heavy atom. The maximum absolute atomic E-state index is 12.0. The largest absolute Gasteiger partial charge is 0.478 e. The van der Waals surface area contributed by atoms with Crippen LogP contribution in [0.1, 0.15) is 26.3 Å². The smallest absolute Gasteiger partial charge is 0.335 e. The van der Waals surface area contributed by atoms with Crippen LogP contribution in [0.15, 0.2) is 48.5 Å². The first-order valence-electron chi connectivity index (χ1n) is 6.38. The monoisotopic (exact) mass is 331 g/mol. The molecule has 0 unspecified atom stereocenters. The standard InChI is InChI=1S/C16H10ClNO5/c17-14-9-12(16(20)21)5-4-10(14)6-7-15(19)11-2-1-3-13(8-11)18(22)23/h1-9H,(H,20,21)/b7-6+. The number of nitrogens with zero attached hydrogens (tertiary/aromatic N) is 1. The van der Waals surface area contributed by atoms with Crippen LogP contribution in [0, 0.1) is 10.1 Å². The van der Waals surface area contributed by atoms with Crippen LogP contribution in [0.25, 0.3) is 6.08 Å². The van der Waals surface area contributed by atoms with Crippen molar-refractivity contribution in [3.8, 4) is 0 Å². The molecule has 23 heavy (non-hydrogen) atoms. The van der Waals surface area contributed by atoms with Crippen molar-refractivity contribution >= 4 is 35.1 Å². The number of hydrogen-bond acceptors (Lipinski definition) is 4. The van der Waals surface area contributed by atoms with Gasteiger partial charge in [0, 0.05) is 22.7 Å². The van der Waals surface area contributed by atoms with Gasteiger partial charge in [-0.2, -0.15) is 0 Å². The molecule has 0 aliphatic rings. The molecule has 0 spiro atoms. The SMILES string of the molecule is O=C(O)c1ccc(/C=C/C(=O)c2cccc([N+](=O)[O-])c2)c(Cl)c1. The zero-order chi connectivity index (χ0) is 17.0. The van der Waals surface area contributed by atoms with E-state index in [9.17, 15) is 19.7 Å². The van der Waals surface area contributed by atoms with E-state index in [2.05, 4.69) is 0 Å². The number of carbonyl (C=O) groups excluding carboxylic acids is 1. The van der Waals surface area contributed by atoms with E-state index in [1.165, 1.54) is 54.6 Å². The summed E-state index contributed by atoms with van der Waals surface area (Å²) in [7, 11) is 0. The molecule has 1 N–H and O–H groups in total. The third-order valence-corrected chi connectivity index (χ3v) is 3.33. The Kier molecular flexibility index (Phi) is 4.88. The third-order valence-electron chi connectivity index (χ3n) is 3.00. The number of halogens is 1. The summed E-state index contributed by atoms with van der Waals surface area (Å²) in [6, 6.07) is 9.49. The average Bonchev–Trinajstić information content (AvgIpc) is 2.53. The van der Waals surface area contributed by atoms with Crippen LogP contribution in [-0.2, 0) is 0 Å². The summed E-state index contributed by atoms with van der Waals surface area (Å²) in [5, 5.41) is 19.7. The number of nitro groups is 1. The van der Waals surface area contributed by atoms with Crippen LogP contribution in [0.2, 0.25) is 5.02 Å². The molecular weight excluding hydrogens is 322 g/mol. The number of nitro benzene ring substituents is 1. The fourth-order valence-electron chi connectivity index (χ4n) is 1.83. The Bertz CT molecular complexity index is 829. The lowest BCUT2D eigenvalue weighted by Crippen LogP contribution is -1.97. The molecule has 7 heteroatoms. The Morgan fingerprint density at radius 1 is 1.13 bits per heavy atom. The summed E-state index contributed by atoms with van der Waals surface area (Å²) in [6.07, 6.45) is 2.65. The Morgan fingerprint density at radius 2 is 1.87 bits per heavy atom. The van der Waals surface area contributed by atoms with E-state index in [1.807, 2.05) is 0 Å². The molecule has 0 radical (unpaired) electrons. The van der Waals surface area contributed by atoms with Gasteiger partial charge in [-0.05, 0) is 29.8 Å². The van der Waals surface area contributed by atoms with Gasteiger partial charge < -0.3 is 5.11 Å². The van der Waals surface area contributed by atoms with E-state index < -0.39 is 16.7 Å². The van der Waals surface area contributed by atoms with Crippen LogP contribution in [-0.4, -0.2) is 21.8 Å². The number of aromatic carboxylic acids is 1. The van der Waals surface area contributed by atoms with E-state index in [0.29, 0.717) is 5.56 Å². The number of carboxylic acid groups (broad SMARTS) is 1. The van der Waals surface area contributed by atoms with E-state index in [-0.39, 0.29) is 21.8 Å². The number of hydrogen-bond donors (Lipinski definition) is 1. The lowest BCUT2D eigenvalue weighted by molar-refractivity contribution is -0.384. The zero-order valence-corrected chi connectivity index (χ0v) is 12.4. The molecule has 0 saturated heterocycles. The Balaban J connectivity index is 2.23. The lowest BCUT2D eigenvalue weighted by atomic mass is 10.1. The molecule has 0 heterocycles. The van der Waals surface area contributed by atoms with Gasteiger partial charge in [0.2, 0.25) is 0 Å². The molecule has 0 saturated carbocycles. The van der Waals surface area contributed by atoms with E-state index >= 15 is 0 Å². The summed E-state index contributed by atoms with van der Waals surface area (Å²) in [5.74, 6) is -1.53. The predicted octanol–water partition coefficient (Wildman–Crippen LogP) is 3.84. The van der Waals surface area contributed by atoms with Crippen molar-refractivity contribution in [3.05, 3.63) is 80.4 Å². The van der Waals surface area contributed by atoms with Gasteiger partial charge in [0.15, 0.2) is 5.78 Å². The Hall–Kier alpha value is -2.99. The highest BCUT2D eigenvalue weighted by Crippen LogP contribution is 2.20. The van der Waals surface area contributed by atoms with Gasteiger partial charge in [-0.15, -0.1) is 0 Å². The van der Waals surface area contributed by atoms with Crippen molar-refractivity contribution in [3.63, 3.8) is 0 Å². The maximum Gasteiger partial charge on any atom is 0.335 e. The molecule has 0 fully saturated rings. The fraction of sp³-hybridized carbons (Fsp3) is 0. The van der Waals surface area contributed by atoms with Gasteiger partial charge in [-0.25, -0.2) is 4.79 Å². The van der Waals surface area contributed by atoms with Crippen LogP contribution >= 0.6 is 11.6 Å². The van der Waals surface area contributed by atoms with Crippen LogP contribution in [0.5, 0.6) is 0 Å². The first kappa shape index (κ1) is 16.4. The minimum atomic E-state index is -1.10. The maximum atomic E-state index is 12.0. The number of carboxylic acids is 1. The normalized spacial score (nSPS) is 10.7. The predicted molar refractivity (Wildman–Crippen MR) is 84.9 cm³/mol. The molecule has 0 aliphatic carbocycles. The molecule has 0 amide bonds. The van der Waals surface area contributed by atoms with Crippen LogP contribution in [0.3, 0.4) is 0 Å². The number of allylic oxidation sites excluding steroid dienone is 1. The number of carbonyl (C=O) groups is 2. The summed E-state index contributed by atoms with van der Waals surface area (Å²) in [6.45, 7) is 0. The van der Waals surface area contributed by atoms with Crippen molar-refractivity contribution < 1.29 is 19.6 Å². The topological polar surface area (TPSA) is 97.5 Å². The van der Waals surface area contributed by atoms with Gasteiger partial charge in [-0.1, -0.05) is 29.8 Å². The molecule has 6 nitrogen and oxygen atoms in total. The second-order valence-corrected chi connectivity index (χ2v) is 4.95. The van der Waals surface area contributed by atoms with Crippen molar-refractivity contribution in [2.75, 3.05) is 0 Å². The molecule has 2 aromatic rings. The molecular formula is C16H10ClNO5. The average molecular weight is 332 g/mol. The van der Waals surface area contributed by atoms with Gasteiger partial charge in [0.25, 0.3) is 5.69 Å². The summed E-state index contributed by atoms with van der Waals surface area (Å²) in [4.78, 5) is 33.0. The van der Waals surface area contributed by atoms with Crippen LogP contribution in [0.4, 0.5) is 5.69 Å². The van der Waals surface area contributed by atoms with Gasteiger partial charge in [0.1, 0.15) is 0 Å². The Labute approximate surface area is 135 Å². The molecule has 0 aromatic heterocycles. The third kappa shape index (κ3) is 4.02. The number of non-ortho nitro benzene ring substituents is 1. The molecule has 2 aromatic carbocycles. The highest BCUT2D eigenvalue weighted by molar-refractivity contribution is 6.32. The van der Waals surface area contributed by atoms with Crippen molar-refractivity contribution in [1.82, 2.24) is 0 Å². The molecule has 2 rings (SSSR count). The van der Waals surface area contributed by atoms with Gasteiger partial charge in [0.05, 0.1) is 10.5 Å². The lowest BCUT2D eigenvalue weighted by Gasteiger charge is -2.00. The van der Waals surface area contributed by atoms with E-state index in [4.69, 9.17) is 16.7 Å². The minimum Gasteiger partial charge on any atom is -0.478 e. The van der Waals surface area contributed by atoms with Crippen molar-refractivity contribution in [2.45, 2.75) is 0 Å². The van der Waals surface area contributed by atoms with Crippen molar-refractivity contribution in [2.24, 2.45) is 0 Å². The first-order chi connectivity index (χ1) is 10.9. The summed E-state index contributed by atoms with van der Waals surface area (Å²) < 4.78 is 0. The number of rotatable bonds is 5. The quantitative estimate of drug-likeness (QED) is 0.388. The molecule has 0 aliphatic heterocycles. The van der Waals surface area contributed by atoms with E-state index in [1.54, 1.807) is 0 Å². The first-order valence-corrected chi connectivity index (χ1v) is 6.76.